The van der Waals surface area contributed by atoms with Crippen molar-refractivity contribution in [1.29, 1.82) is 0 Å². The van der Waals surface area contributed by atoms with Gasteiger partial charge in [0.15, 0.2) is 0 Å². The van der Waals surface area contributed by atoms with Crippen LogP contribution < -0.4 is 10.2 Å². The van der Waals surface area contributed by atoms with Crippen LogP contribution >= 0.6 is 0 Å². The molecule has 2 bridgehead atoms. The number of para-hydroxylation sites is 2. The third-order valence-corrected chi connectivity index (χ3v) is 5.51. The molecule has 0 spiro atoms. The monoisotopic (exact) mass is 346 g/mol. The fourth-order valence-electron chi connectivity index (χ4n) is 4.33. The summed E-state index contributed by atoms with van der Waals surface area (Å²) in [6.45, 7) is 0.451. The molecule has 3 heterocycles. The topological polar surface area (TPSA) is 58.6 Å². The fraction of sp³-hybridized carbons (Fsp3) is 0.238. The van der Waals surface area contributed by atoms with E-state index < -0.39 is 17.4 Å². The Labute approximate surface area is 151 Å². The van der Waals surface area contributed by atoms with Gasteiger partial charge in [0.2, 0.25) is 11.8 Å². The third kappa shape index (κ3) is 2.07. The van der Waals surface area contributed by atoms with Gasteiger partial charge < -0.3 is 10.1 Å². The lowest BCUT2D eigenvalue weighted by Gasteiger charge is -2.29. The van der Waals surface area contributed by atoms with Gasteiger partial charge in [0, 0.05) is 12.2 Å². The maximum Gasteiger partial charge on any atom is 0.241 e. The number of ether oxygens (including phenoxy) is 1. The molecule has 2 saturated heterocycles. The first-order valence-electron chi connectivity index (χ1n) is 8.79. The molecule has 2 aromatic rings. The van der Waals surface area contributed by atoms with E-state index in [1.165, 1.54) is 4.90 Å². The number of carbonyl (C=O) groups is 2. The van der Waals surface area contributed by atoms with E-state index in [1.54, 1.807) is 12.1 Å². The zero-order valence-electron chi connectivity index (χ0n) is 14.0. The summed E-state index contributed by atoms with van der Waals surface area (Å²) in [7, 11) is 0. The van der Waals surface area contributed by atoms with Crippen molar-refractivity contribution >= 4 is 23.2 Å². The van der Waals surface area contributed by atoms with Crippen LogP contribution in [-0.4, -0.2) is 30.1 Å². The lowest BCUT2D eigenvalue weighted by atomic mass is 9.77. The molecule has 1 N–H and O–H groups in total. The van der Waals surface area contributed by atoms with Crippen LogP contribution in [0.3, 0.4) is 0 Å². The molecule has 130 valence electrons. The number of hydrogen-bond donors (Lipinski definition) is 1. The zero-order chi connectivity index (χ0) is 17.7. The fourth-order valence-corrected chi connectivity index (χ4v) is 4.33. The van der Waals surface area contributed by atoms with Gasteiger partial charge in [-0.05, 0) is 24.3 Å². The Morgan fingerprint density at radius 3 is 2.38 bits per heavy atom. The van der Waals surface area contributed by atoms with Crippen LogP contribution in [0.2, 0.25) is 0 Å². The van der Waals surface area contributed by atoms with Crippen molar-refractivity contribution in [3.8, 4) is 0 Å². The number of hydrogen-bond acceptors (Lipinski definition) is 4. The second-order valence-electron chi connectivity index (χ2n) is 6.97. The van der Waals surface area contributed by atoms with E-state index in [4.69, 9.17) is 4.74 Å². The zero-order valence-corrected chi connectivity index (χ0v) is 14.0. The summed E-state index contributed by atoms with van der Waals surface area (Å²) in [5.74, 6) is -1.26. The van der Waals surface area contributed by atoms with Crippen molar-refractivity contribution in [2.75, 3.05) is 16.8 Å². The maximum atomic E-state index is 13.2. The van der Waals surface area contributed by atoms with Crippen LogP contribution in [0.4, 0.5) is 11.4 Å². The highest BCUT2D eigenvalue weighted by Gasteiger charge is 2.67. The molecule has 5 rings (SSSR count). The Morgan fingerprint density at radius 2 is 1.65 bits per heavy atom. The molecule has 2 aromatic carbocycles. The van der Waals surface area contributed by atoms with Crippen molar-refractivity contribution < 1.29 is 14.3 Å². The molecule has 2 amide bonds. The summed E-state index contributed by atoms with van der Waals surface area (Å²) in [5.41, 5.74) is 0.812. The smallest absolute Gasteiger partial charge is 0.241 e. The van der Waals surface area contributed by atoms with E-state index >= 15 is 0 Å². The maximum absolute atomic E-state index is 13.2. The summed E-state index contributed by atoms with van der Waals surface area (Å²) in [5, 5.41) is 3.35. The Hall–Kier alpha value is -2.92. The molecule has 5 nitrogen and oxygen atoms in total. The highest BCUT2D eigenvalue weighted by Crippen LogP contribution is 2.52. The van der Waals surface area contributed by atoms with Crippen molar-refractivity contribution in [2.24, 2.45) is 11.8 Å². The van der Waals surface area contributed by atoms with Gasteiger partial charge in [-0.15, -0.1) is 0 Å². The van der Waals surface area contributed by atoms with Crippen LogP contribution in [0.1, 0.15) is 0 Å². The standard InChI is InChI=1S/C21H18N2O3/c24-19-17-16-11-12-21(26-16,13-22-14-7-3-1-4-8-14)18(17)20(25)23(19)15-9-5-2-6-10-15/h1-12,16-18,22H,13H2/t16-,17+,18+,21+/m1/s1. The number of rotatable bonds is 4. The van der Waals surface area contributed by atoms with Crippen LogP contribution in [0, 0.1) is 11.8 Å². The summed E-state index contributed by atoms with van der Waals surface area (Å²) < 4.78 is 6.13. The minimum Gasteiger partial charge on any atom is -0.382 e. The molecule has 0 saturated carbocycles. The molecule has 26 heavy (non-hydrogen) atoms. The van der Waals surface area contributed by atoms with Crippen LogP contribution in [0.5, 0.6) is 0 Å². The summed E-state index contributed by atoms with van der Waals surface area (Å²) >= 11 is 0. The molecule has 5 heteroatoms. The number of amides is 2. The number of nitrogens with one attached hydrogen (secondary N) is 1. The van der Waals surface area contributed by atoms with Crippen molar-refractivity contribution in [1.82, 2.24) is 0 Å². The van der Waals surface area contributed by atoms with Gasteiger partial charge in [-0.25, -0.2) is 4.90 Å². The van der Waals surface area contributed by atoms with Crippen LogP contribution in [0.15, 0.2) is 72.8 Å². The summed E-state index contributed by atoms with van der Waals surface area (Å²) in [6.07, 6.45) is 3.55. The average molecular weight is 346 g/mol. The minimum atomic E-state index is -0.776. The molecule has 0 aliphatic carbocycles. The van der Waals surface area contributed by atoms with Gasteiger partial charge >= 0.3 is 0 Å². The highest BCUT2D eigenvalue weighted by atomic mass is 16.5. The molecular formula is C21H18N2O3. The highest BCUT2D eigenvalue weighted by molar-refractivity contribution is 6.23. The second-order valence-corrected chi connectivity index (χ2v) is 6.97. The van der Waals surface area contributed by atoms with E-state index in [1.807, 2.05) is 60.7 Å². The normalized spacial score (nSPS) is 31.5. The SMILES string of the molecule is O=C1[C@@H]2[C@@H](C(=O)N1c1ccccc1)[C@@]1(CNc3ccccc3)C=C[C@H]2O1. The Balaban J connectivity index is 1.46. The van der Waals surface area contributed by atoms with E-state index in [-0.39, 0.29) is 17.9 Å². The van der Waals surface area contributed by atoms with E-state index in [0.717, 1.165) is 5.69 Å². The summed E-state index contributed by atoms with van der Waals surface area (Å²) in [6, 6.07) is 18.9. The van der Waals surface area contributed by atoms with Gasteiger partial charge in [-0.3, -0.25) is 9.59 Å². The van der Waals surface area contributed by atoms with Gasteiger partial charge in [0.1, 0.15) is 5.60 Å². The molecular weight excluding hydrogens is 328 g/mol. The molecule has 4 atom stereocenters. The van der Waals surface area contributed by atoms with Gasteiger partial charge in [0.25, 0.3) is 0 Å². The number of nitrogens with zero attached hydrogens (tertiary/aromatic N) is 1. The Kier molecular flexibility index (Phi) is 3.27. The Bertz CT molecular complexity index is 896. The molecule has 3 aliphatic rings. The van der Waals surface area contributed by atoms with Crippen LogP contribution in [0.25, 0.3) is 0 Å². The second kappa shape index (κ2) is 5.54. The van der Waals surface area contributed by atoms with E-state index in [9.17, 15) is 9.59 Å². The lowest BCUT2D eigenvalue weighted by Crippen LogP contribution is -2.45. The largest absolute Gasteiger partial charge is 0.382 e. The molecule has 0 unspecified atom stereocenters. The van der Waals surface area contributed by atoms with E-state index in [0.29, 0.717) is 12.2 Å². The van der Waals surface area contributed by atoms with Gasteiger partial charge in [-0.2, -0.15) is 0 Å². The molecule has 3 aliphatic heterocycles. The molecule has 2 fully saturated rings. The third-order valence-electron chi connectivity index (χ3n) is 5.51. The minimum absolute atomic E-state index is 0.165. The van der Waals surface area contributed by atoms with Gasteiger partial charge in [-0.1, -0.05) is 48.6 Å². The molecule has 0 aromatic heterocycles. The average Bonchev–Trinajstić information content (AvgIpc) is 3.32. The summed E-state index contributed by atoms with van der Waals surface area (Å²) in [4.78, 5) is 27.5. The van der Waals surface area contributed by atoms with Gasteiger partial charge in [0.05, 0.1) is 23.6 Å². The van der Waals surface area contributed by atoms with Crippen molar-refractivity contribution in [2.45, 2.75) is 11.7 Å². The van der Waals surface area contributed by atoms with E-state index in [2.05, 4.69) is 5.32 Å². The first-order chi connectivity index (χ1) is 12.7. The van der Waals surface area contributed by atoms with Crippen molar-refractivity contribution in [3.63, 3.8) is 0 Å². The lowest BCUT2D eigenvalue weighted by molar-refractivity contribution is -0.126. The predicted octanol–water partition coefficient (Wildman–Crippen LogP) is 2.61. The first kappa shape index (κ1) is 15.3. The predicted molar refractivity (Wildman–Crippen MR) is 97.6 cm³/mol. The number of anilines is 2. The number of imide groups is 1. The Morgan fingerprint density at radius 1 is 0.962 bits per heavy atom. The molecule has 0 radical (unpaired) electrons. The van der Waals surface area contributed by atoms with Crippen molar-refractivity contribution in [3.05, 3.63) is 72.8 Å². The number of fused-ring (bicyclic) bond motifs is 5. The quantitative estimate of drug-likeness (QED) is 0.683. The number of carbonyl (C=O) groups excluding carboxylic acids is 2. The first-order valence-corrected chi connectivity index (χ1v) is 8.79. The van der Waals surface area contributed by atoms with Crippen LogP contribution in [-0.2, 0) is 14.3 Å². The number of benzene rings is 2.